The largest absolute Gasteiger partial charge is 0.350 e. The van der Waals surface area contributed by atoms with Gasteiger partial charge in [0.15, 0.2) is 0 Å². The third-order valence-electron chi connectivity index (χ3n) is 6.49. The first-order valence-electron chi connectivity index (χ1n) is 10.8. The summed E-state index contributed by atoms with van der Waals surface area (Å²) in [5.74, 6) is -0.795. The van der Waals surface area contributed by atoms with E-state index in [9.17, 15) is 9.59 Å². The van der Waals surface area contributed by atoms with Crippen molar-refractivity contribution in [2.75, 3.05) is 12.4 Å². The summed E-state index contributed by atoms with van der Waals surface area (Å²) in [6.45, 7) is 2.00. The highest BCUT2D eigenvalue weighted by atomic mass is 79.9. The SMILES string of the molecule is Cc1ccc(NC(=O)[C@H]2c3ccccc3C(=O)N(C)[C@@H]2c2cn(C)c3ccccc23)c(Br)c1. The van der Waals surface area contributed by atoms with Crippen molar-refractivity contribution in [1.29, 1.82) is 0 Å². The molecule has 0 saturated carbocycles. The standard InChI is InChI=1S/C27H24BrN3O2/c1-16-12-13-22(21(28)14-16)29-26(32)24-18-9-4-5-10-19(18)27(33)31(3)25(24)20-15-30(2)23-11-7-6-8-17(20)23/h4-15,24-25H,1-3H3,(H,29,32)/t24-,25+/m0/s1. The van der Waals surface area contributed by atoms with Crippen LogP contribution in [0, 0.1) is 6.92 Å². The average molecular weight is 502 g/mol. The Morgan fingerprint density at radius 2 is 1.70 bits per heavy atom. The molecular weight excluding hydrogens is 478 g/mol. The van der Waals surface area contributed by atoms with Crippen molar-refractivity contribution >= 4 is 44.3 Å². The number of likely N-dealkylation sites (N-methyl/N-ethyl adjacent to an activating group) is 1. The molecule has 0 radical (unpaired) electrons. The van der Waals surface area contributed by atoms with E-state index in [2.05, 4.69) is 37.9 Å². The maximum atomic E-state index is 13.9. The van der Waals surface area contributed by atoms with Crippen LogP contribution in [0.4, 0.5) is 5.69 Å². The van der Waals surface area contributed by atoms with E-state index in [1.807, 2.05) is 68.7 Å². The first-order valence-corrected chi connectivity index (χ1v) is 11.6. The first kappa shape index (κ1) is 21.5. The summed E-state index contributed by atoms with van der Waals surface area (Å²) in [4.78, 5) is 28.9. The van der Waals surface area contributed by atoms with Crippen LogP contribution in [0.5, 0.6) is 0 Å². The number of nitrogens with one attached hydrogen (secondary N) is 1. The Labute approximate surface area is 201 Å². The highest BCUT2D eigenvalue weighted by molar-refractivity contribution is 9.10. The molecule has 4 aromatic rings. The van der Waals surface area contributed by atoms with Gasteiger partial charge in [-0.15, -0.1) is 0 Å². The number of hydrogen-bond acceptors (Lipinski definition) is 2. The maximum Gasteiger partial charge on any atom is 0.254 e. The number of aromatic nitrogens is 1. The van der Waals surface area contributed by atoms with Crippen LogP contribution in [0.15, 0.2) is 77.4 Å². The molecule has 33 heavy (non-hydrogen) atoms. The van der Waals surface area contributed by atoms with Crippen molar-refractivity contribution in [2.24, 2.45) is 7.05 Å². The minimum absolute atomic E-state index is 0.0795. The molecule has 0 fully saturated rings. The molecule has 0 spiro atoms. The molecule has 1 N–H and O–H groups in total. The van der Waals surface area contributed by atoms with Crippen molar-refractivity contribution in [1.82, 2.24) is 9.47 Å². The third-order valence-corrected chi connectivity index (χ3v) is 7.15. The fourth-order valence-corrected chi connectivity index (χ4v) is 5.48. The van der Waals surface area contributed by atoms with Crippen LogP contribution in [0.25, 0.3) is 10.9 Å². The maximum absolute atomic E-state index is 13.9. The van der Waals surface area contributed by atoms with Gasteiger partial charge in [-0.25, -0.2) is 0 Å². The molecule has 3 aromatic carbocycles. The van der Waals surface area contributed by atoms with Crippen molar-refractivity contribution in [3.05, 3.63) is 99.7 Å². The first-order chi connectivity index (χ1) is 15.9. The normalized spacial score (nSPS) is 17.8. The topological polar surface area (TPSA) is 54.3 Å². The van der Waals surface area contributed by atoms with E-state index in [1.54, 1.807) is 18.0 Å². The quantitative estimate of drug-likeness (QED) is 0.385. The molecule has 1 aliphatic heterocycles. The minimum Gasteiger partial charge on any atom is -0.350 e. The van der Waals surface area contributed by atoms with Crippen molar-refractivity contribution in [3.8, 4) is 0 Å². The van der Waals surface area contributed by atoms with Crippen LogP contribution >= 0.6 is 15.9 Å². The predicted molar refractivity (Wildman–Crippen MR) is 134 cm³/mol. The summed E-state index contributed by atoms with van der Waals surface area (Å²) in [6, 6.07) is 20.9. The monoisotopic (exact) mass is 501 g/mol. The Bertz CT molecular complexity index is 1410. The molecule has 0 aliphatic carbocycles. The van der Waals surface area contributed by atoms with E-state index in [0.29, 0.717) is 11.3 Å². The highest BCUT2D eigenvalue weighted by Crippen LogP contribution is 2.45. The van der Waals surface area contributed by atoms with Crippen molar-refractivity contribution < 1.29 is 9.59 Å². The molecule has 166 valence electrons. The van der Waals surface area contributed by atoms with Crippen LogP contribution in [-0.4, -0.2) is 28.3 Å². The second-order valence-corrected chi connectivity index (χ2v) is 9.47. The van der Waals surface area contributed by atoms with Gasteiger partial charge in [0.2, 0.25) is 5.91 Å². The van der Waals surface area contributed by atoms with Crippen LogP contribution in [0.1, 0.15) is 39.0 Å². The molecule has 5 nitrogen and oxygen atoms in total. The number of nitrogens with zero attached hydrogens (tertiary/aromatic N) is 2. The lowest BCUT2D eigenvalue weighted by Gasteiger charge is -2.39. The molecule has 6 heteroatoms. The van der Waals surface area contributed by atoms with Crippen LogP contribution in [-0.2, 0) is 11.8 Å². The number of anilines is 1. The summed E-state index contributed by atoms with van der Waals surface area (Å²) in [5.41, 5.74) is 5.15. The molecule has 0 saturated heterocycles. The third kappa shape index (κ3) is 3.55. The smallest absolute Gasteiger partial charge is 0.254 e. The number of amides is 2. The van der Waals surface area contributed by atoms with Gasteiger partial charge in [0.1, 0.15) is 0 Å². The number of benzene rings is 3. The summed E-state index contributed by atoms with van der Waals surface area (Å²) < 4.78 is 2.88. The van der Waals surface area contributed by atoms with Gasteiger partial charge in [0.05, 0.1) is 17.6 Å². The highest BCUT2D eigenvalue weighted by Gasteiger charge is 2.43. The van der Waals surface area contributed by atoms with Gasteiger partial charge in [-0.2, -0.15) is 0 Å². The van der Waals surface area contributed by atoms with Gasteiger partial charge >= 0.3 is 0 Å². The Morgan fingerprint density at radius 1 is 0.970 bits per heavy atom. The van der Waals surface area contributed by atoms with Crippen molar-refractivity contribution in [2.45, 2.75) is 18.9 Å². The lowest BCUT2D eigenvalue weighted by atomic mass is 9.79. The number of para-hydroxylation sites is 1. The summed E-state index contributed by atoms with van der Waals surface area (Å²) in [5, 5.41) is 4.15. The predicted octanol–water partition coefficient (Wildman–Crippen LogP) is 5.80. The molecule has 2 amide bonds. The van der Waals surface area contributed by atoms with Crippen LogP contribution in [0.2, 0.25) is 0 Å². The van der Waals surface area contributed by atoms with E-state index in [1.165, 1.54) is 0 Å². The summed E-state index contributed by atoms with van der Waals surface area (Å²) >= 11 is 3.57. The molecule has 2 atom stereocenters. The molecule has 5 rings (SSSR count). The van der Waals surface area contributed by atoms with E-state index in [4.69, 9.17) is 0 Å². The second kappa shape index (κ2) is 8.19. The fourth-order valence-electron chi connectivity index (χ4n) is 4.89. The van der Waals surface area contributed by atoms with Gasteiger partial charge < -0.3 is 14.8 Å². The number of halogens is 1. The van der Waals surface area contributed by atoms with E-state index < -0.39 is 12.0 Å². The van der Waals surface area contributed by atoms with Gasteiger partial charge in [0.25, 0.3) is 5.91 Å². The Kier molecular flexibility index (Phi) is 5.33. The zero-order chi connectivity index (χ0) is 23.3. The van der Waals surface area contributed by atoms with E-state index in [0.717, 1.165) is 32.1 Å². The number of hydrogen-bond donors (Lipinski definition) is 1. The lowest BCUT2D eigenvalue weighted by molar-refractivity contribution is -0.119. The fraction of sp³-hybridized carbons (Fsp3) is 0.185. The summed E-state index contributed by atoms with van der Waals surface area (Å²) in [6.07, 6.45) is 2.04. The molecule has 1 aliphatic rings. The average Bonchev–Trinajstić information content (AvgIpc) is 3.14. The number of aryl methyl sites for hydroxylation is 2. The zero-order valence-corrected chi connectivity index (χ0v) is 20.3. The molecule has 2 heterocycles. The Hall–Kier alpha value is -3.38. The molecular formula is C27H24BrN3O2. The van der Waals surface area contributed by atoms with E-state index >= 15 is 0 Å². The second-order valence-electron chi connectivity index (χ2n) is 8.61. The van der Waals surface area contributed by atoms with Crippen molar-refractivity contribution in [3.63, 3.8) is 0 Å². The molecule has 1 aromatic heterocycles. The minimum atomic E-state index is -0.567. The molecule has 0 bridgehead atoms. The number of carbonyl (C=O) groups excluding carboxylic acids is 2. The van der Waals surface area contributed by atoms with Crippen LogP contribution in [0.3, 0.4) is 0 Å². The lowest BCUT2D eigenvalue weighted by Crippen LogP contribution is -2.44. The van der Waals surface area contributed by atoms with Gasteiger partial charge in [-0.05, 0) is 58.2 Å². The Balaban J connectivity index is 1.67. The van der Waals surface area contributed by atoms with Crippen LogP contribution < -0.4 is 5.32 Å². The molecule has 0 unspecified atom stereocenters. The van der Waals surface area contributed by atoms with Gasteiger partial charge in [0, 0.05) is 46.8 Å². The number of rotatable bonds is 3. The summed E-state index contributed by atoms with van der Waals surface area (Å²) in [7, 11) is 3.77. The van der Waals surface area contributed by atoms with E-state index in [-0.39, 0.29) is 11.8 Å². The Morgan fingerprint density at radius 3 is 2.48 bits per heavy atom. The van der Waals surface area contributed by atoms with Gasteiger partial charge in [-0.1, -0.05) is 42.5 Å². The number of fused-ring (bicyclic) bond motifs is 2. The van der Waals surface area contributed by atoms with Gasteiger partial charge in [-0.3, -0.25) is 9.59 Å². The number of carbonyl (C=O) groups is 2. The zero-order valence-electron chi connectivity index (χ0n) is 18.7.